The second-order valence-corrected chi connectivity index (χ2v) is 6.84. The Morgan fingerprint density at radius 2 is 1.97 bits per heavy atom. The molecule has 0 aromatic heterocycles. The van der Waals surface area contributed by atoms with E-state index in [0.717, 1.165) is 6.42 Å². The number of rotatable bonds is 13. The van der Waals surface area contributed by atoms with E-state index in [2.05, 4.69) is 28.6 Å². The van der Waals surface area contributed by atoms with Gasteiger partial charge in [0.05, 0.1) is 17.6 Å². The zero-order chi connectivity index (χ0) is 24.4. The molecule has 0 spiro atoms. The summed E-state index contributed by atoms with van der Waals surface area (Å²) in [5.41, 5.74) is 1.71. The van der Waals surface area contributed by atoms with Gasteiger partial charge in [-0.25, -0.2) is 4.79 Å². The topological polar surface area (TPSA) is 106 Å². The van der Waals surface area contributed by atoms with Crippen molar-refractivity contribution in [3.8, 4) is 6.07 Å². The zero-order valence-corrected chi connectivity index (χ0v) is 19.6. The van der Waals surface area contributed by atoms with Crippen LogP contribution in [-0.4, -0.2) is 51.2 Å². The molecule has 3 N–H and O–H groups in total. The van der Waals surface area contributed by atoms with Crippen molar-refractivity contribution >= 4 is 11.9 Å². The summed E-state index contributed by atoms with van der Waals surface area (Å²) in [6.07, 6.45) is 13.9. The Labute approximate surface area is 191 Å². The minimum Gasteiger partial charge on any atom is -0.385 e. The predicted octanol–water partition coefficient (Wildman–Crippen LogP) is 3.13. The molecule has 8 heteroatoms. The lowest BCUT2D eigenvalue weighted by Crippen LogP contribution is -2.31. The molecule has 0 rings (SSSR count). The van der Waals surface area contributed by atoms with Crippen molar-refractivity contribution in [3.63, 3.8) is 0 Å². The molecule has 0 saturated heterocycles. The highest BCUT2D eigenvalue weighted by atomic mass is 16.5. The number of nitrogens with zero attached hydrogens (tertiary/aromatic N) is 2. The number of urea groups is 1. The van der Waals surface area contributed by atoms with Gasteiger partial charge in [-0.1, -0.05) is 24.8 Å². The van der Waals surface area contributed by atoms with Crippen molar-refractivity contribution in [3.05, 3.63) is 72.3 Å². The summed E-state index contributed by atoms with van der Waals surface area (Å²) in [5.74, 6) is -0.400. The van der Waals surface area contributed by atoms with E-state index in [1.54, 1.807) is 57.4 Å². The van der Waals surface area contributed by atoms with Crippen LogP contribution in [0.25, 0.3) is 0 Å². The molecule has 1 unspecified atom stereocenters. The van der Waals surface area contributed by atoms with Gasteiger partial charge in [-0.2, -0.15) is 5.26 Å². The maximum atomic E-state index is 12.5. The molecule has 1 atom stereocenters. The summed E-state index contributed by atoms with van der Waals surface area (Å²) in [4.78, 5) is 26.4. The molecule has 0 aromatic carbocycles. The predicted molar refractivity (Wildman–Crippen MR) is 128 cm³/mol. The van der Waals surface area contributed by atoms with E-state index in [-0.39, 0.29) is 11.8 Å². The van der Waals surface area contributed by atoms with E-state index in [4.69, 9.17) is 10.00 Å². The van der Waals surface area contributed by atoms with E-state index in [0.29, 0.717) is 30.1 Å². The molecule has 3 amide bonds. The molecule has 0 bridgehead atoms. The first-order valence-corrected chi connectivity index (χ1v) is 10.3. The van der Waals surface area contributed by atoms with Crippen LogP contribution in [0.1, 0.15) is 20.3 Å². The average Bonchev–Trinajstić information content (AvgIpc) is 2.77. The van der Waals surface area contributed by atoms with Crippen LogP contribution in [0.4, 0.5) is 4.79 Å². The van der Waals surface area contributed by atoms with Gasteiger partial charge >= 0.3 is 6.03 Å². The number of carbonyl (C=O) groups is 2. The van der Waals surface area contributed by atoms with Gasteiger partial charge in [0.1, 0.15) is 0 Å². The number of carbonyl (C=O) groups excluding carboxylic acids is 2. The SMILES string of the molecule is C=C/C(=C\C=C/C(C)C#N)NC(=O)N/C=C/C=C(\C(=C/C)C(=O)NCCCOC)N(C)C. The highest BCUT2D eigenvalue weighted by Gasteiger charge is 2.14. The van der Waals surface area contributed by atoms with Gasteiger partial charge < -0.3 is 25.6 Å². The van der Waals surface area contributed by atoms with E-state index in [1.165, 1.54) is 12.3 Å². The maximum Gasteiger partial charge on any atom is 0.323 e. The minimum absolute atomic E-state index is 0.179. The fourth-order valence-electron chi connectivity index (χ4n) is 2.35. The van der Waals surface area contributed by atoms with Crippen LogP contribution < -0.4 is 16.0 Å². The molecule has 32 heavy (non-hydrogen) atoms. The minimum atomic E-state index is -0.448. The molecule has 8 nitrogen and oxygen atoms in total. The average molecular weight is 442 g/mol. The van der Waals surface area contributed by atoms with E-state index >= 15 is 0 Å². The lowest BCUT2D eigenvalue weighted by Gasteiger charge is -2.19. The normalized spacial score (nSPS) is 13.6. The van der Waals surface area contributed by atoms with Crippen LogP contribution in [0.5, 0.6) is 0 Å². The van der Waals surface area contributed by atoms with Crippen molar-refractivity contribution in [2.24, 2.45) is 5.92 Å². The first kappa shape index (κ1) is 28.4. The van der Waals surface area contributed by atoms with Crippen LogP contribution >= 0.6 is 0 Å². The van der Waals surface area contributed by atoms with Crippen molar-refractivity contribution in [1.29, 1.82) is 5.26 Å². The summed E-state index contributed by atoms with van der Waals surface area (Å²) in [6.45, 7) is 8.32. The van der Waals surface area contributed by atoms with Crippen molar-refractivity contribution in [1.82, 2.24) is 20.9 Å². The van der Waals surface area contributed by atoms with E-state index in [9.17, 15) is 9.59 Å². The second kappa shape index (κ2) is 17.1. The summed E-state index contributed by atoms with van der Waals surface area (Å²) >= 11 is 0. The lowest BCUT2D eigenvalue weighted by atomic mass is 10.1. The van der Waals surface area contributed by atoms with Gasteiger partial charge in [-0.05, 0) is 44.6 Å². The number of hydrogen-bond acceptors (Lipinski definition) is 5. The number of nitrogens with one attached hydrogen (secondary N) is 3. The van der Waals surface area contributed by atoms with Crippen molar-refractivity contribution in [2.45, 2.75) is 20.3 Å². The van der Waals surface area contributed by atoms with Gasteiger partial charge in [-0.15, -0.1) is 0 Å². The standard InChI is InChI=1S/C24H35N5O3/c1-7-20(13-9-12-19(3)18-25)28-24(31)27-15-10-14-22(29(4)5)21(8-2)23(30)26-16-11-17-32-6/h7-10,12-15,19H,1,11,16-17H2,2-6H3,(H,26,30)(H2,27,28,31)/b12-9-,15-10+,20-13+,21-8+,22-14+. The Morgan fingerprint density at radius 3 is 2.53 bits per heavy atom. The van der Waals surface area contributed by atoms with E-state index in [1.807, 2.05) is 19.0 Å². The first-order chi connectivity index (χ1) is 15.3. The molecule has 0 aliphatic heterocycles. The van der Waals surface area contributed by atoms with Crippen LogP contribution in [0, 0.1) is 17.2 Å². The van der Waals surface area contributed by atoms with Gasteiger partial charge in [0.15, 0.2) is 0 Å². The van der Waals surface area contributed by atoms with Crippen LogP contribution in [-0.2, 0) is 9.53 Å². The van der Waals surface area contributed by atoms with Gasteiger partial charge in [-0.3, -0.25) is 4.79 Å². The molecule has 0 radical (unpaired) electrons. The molecule has 0 aliphatic rings. The monoisotopic (exact) mass is 441 g/mol. The third-order valence-corrected chi connectivity index (χ3v) is 4.02. The number of ether oxygens (including phenoxy) is 1. The number of amides is 3. The Bertz CT molecular complexity index is 814. The fourth-order valence-corrected chi connectivity index (χ4v) is 2.35. The van der Waals surface area contributed by atoms with Crippen molar-refractivity contribution < 1.29 is 14.3 Å². The van der Waals surface area contributed by atoms with Gasteiger partial charge in [0.25, 0.3) is 5.91 Å². The summed E-state index contributed by atoms with van der Waals surface area (Å²) in [6, 6.07) is 1.64. The Hall–Kier alpha value is -3.57. The number of methoxy groups -OCH3 is 1. The highest BCUT2D eigenvalue weighted by molar-refractivity contribution is 5.97. The third-order valence-electron chi connectivity index (χ3n) is 4.02. The first-order valence-electron chi connectivity index (χ1n) is 10.3. The number of allylic oxidation sites excluding steroid dienone is 7. The van der Waals surface area contributed by atoms with Crippen LogP contribution in [0.2, 0.25) is 0 Å². The Morgan fingerprint density at radius 1 is 1.25 bits per heavy atom. The highest BCUT2D eigenvalue weighted by Crippen LogP contribution is 2.13. The Balaban J connectivity index is 5.03. The summed E-state index contributed by atoms with van der Waals surface area (Å²) < 4.78 is 4.99. The second-order valence-electron chi connectivity index (χ2n) is 6.84. The summed E-state index contributed by atoms with van der Waals surface area (Å²) in [5, 5.41) is 16.9. The fraction of sp³-hybridized carbons (Fsp3) is 0.375. The molecule has 174 valence electrons. The molecule has 0 aliphatic carbocycles. The Kier molecular flexibility index (Phi) is 15.2. The maximum absolute atomic E-state index is 12.5. The largest absolute Gasteiger partial charge is 0.385 e. The lowest BCUT2D eigenvalue weighted by molar-refractivity contribution is -0.117. The molecule has 0 heterocycles. The van der Waals surface area contributed by atoms with Gasteiger partial charge in [0, 0.05) is 52.0 Å². The van der Waals surface area contributed by atoms with Crippen molar-refractivity contribution in [2.75, 3.05) is 34.4 Å². The molecular weight excluding hydrogens is 406 g/mol. The van der Waals surface area contributed by atoms with Crippen LogP contribution in [0.15, 0.2) is 72.3 Å². The number of hydrogen-bond donors (Lipinski definition) is 3. The summed E-state index contributed by atoms with van der Waals surface area (Å²) in [7, 11) is 5.29. The molecule has 0 saturated carbocycles. The number of likely N-dealkylation sites (N-methyl/N-ethyl adjacent to an activating group) is 1. The smallest absolute Gasteiger partial charge is 0.323 e. The van der Waals surface area contributed by atoms with Gasteiger partial charge in [0.2, 0.25) is 0 Å². The van der Waals surface area contributed by atoms with Crippen LogP contribution in [0.3, 0.4) is 0 Å². The third kappa shape index (κ3) is 12.2. The molecule has 0 fully saturated rings. The molecule has 0 aromatic rings. The molecular formula is C24H35N5O3. The number of nitriles is 1. The zero-order valence-electron chi connectivity index (χ0n) is 19.6. The van der Waals surface area contributed by atoms with E-state index < -0.39 is 6.03 Å². The quantitative estimate of drug-likeness (QED) is 0.231.